The maximum Gasteiger partial charge on any atom is 0.344 e. The minimum Gasteiger partial charge on any atom is -0.428 e. The Hall–Kier alpha value is -3.15. The summed E-state index contributed by atoms with van der Waals surface area (Å²) in [5.41, 5.74) is 1.54. The van der Waals surface area contributed by atoms with Gasteiger partial charge in [-0.15, -0.1) is 0 Å². The first kappa shape index (κ1) is 18.2. The molecule has 0 aliphatic rings. The number of halogens is 3. The van der Waals surface area contributed by atoms with Crippen LogP contribution in [0.4, 0.5) is 13.2 Å². The smallest absolute Gasteiger partial charge is 0.344 e. The number of benzene rings is 2. The van der Waals surface area contributed by atoms with Crippen molar-refractivity contribution < 1.29 is 27.5 Å². The van der Waals surface area contributed by atoms with Crippen LogP contribution < -0.4 is 4.74 Å². The minimum atomic E-state index is -2.54. The maximum atomic E-state index is 12.7. The molecule has 25 heavy (non-hydrogen) atoms. The zero-order valence-electron chi connectivity index (χ0n) is 13.1. The lowest BCUT2D eigenvalue weighted by molar-refractivity contribution is 0.101. The standard InChI is InChI=1S/C19H13F3O3/c1-12(23)14-5-7-15(8-6-14)17(24)11-4-13-2-9-16(10-3-13)25-19(22)18(20)21/h2-11H,1H3. The molecule has 0 aliphatic heterocycles. The summed E-state index contributed by atoms with van der Waals surface area (Å²) in [6, 6.07) is 9.88. The Kier molecular flexibility index (Phi) is 5.89. The van der Waals surface area contributed by atoms with E-state index in [4.69, 9.17) is 0 Å². The molecule has 0 aromatic heterocycles. The fraction of sp³-hybridized carbons (Fsp3) is 0.0526. The number of rotatable bonds is 6. The molecule has 0 bridgehead atoms. The Morgan fingerprint density at radius 3 is 1.96 bits per heavy atom. The summed E-state index contributed by atoms with van der Waals surface area (Å²) < 4.78 is 40.9. The highest BCUT2D eigenvalue weighted by Crippen LogP contribution is 2.19. The number of Topliss-reactive ketones (excluding diaryl/α,β-unsaturated/α-hetero) is 1. The van der Waals surface area contributed by atoms with Gasteiger partial charge in [-0.05, 0) is 30.7 Å². The van der Waals surface area contributed by atoms with Crippen LogP contribution >= 0.6 is 0 Å². The van der Waals surface area contributed by atoms with Crippen LogP contribution in [0.15, 0.2) is 66.7 Å². The molecule has 0 N–H and O–H groups in total. The van der Waals surface area contributed by atoms with Gasteiger partial charge in [0, 0.05) is 11.1 Å². The molecule has 0 radical (unpaired) electrons. The van der Waals surface area contributed by atoms with E-state index in [0.717, 1.165) is 0 Å². The summed E-state index contributed by atoms with van der Waals surface area (Å²) in [4.78, 5) is 23.2. The first-order valence-electron chi connectivity index (χ1n) is 7.19. The van der Waals surface area contributed by atoms with E-state index in [2.05, 4.69) is 4.74 Å². The molecule has 3 nitrogen and oxygen atoms in total. The second-order valence-electron chi connectivity index (χ2n) is 5.04. The summed E-state index contributed by atoms with van der Waals surface area (Å²) in [5.74, 6) is -0.437. The number of ether oxygens (including phenoxy) is 1. The number of allylic oxidation sites excluding steroid dienone is 1. The molecular formula is C19H13F3O3. The van der Waals surface area contributed by atoms with Crippen molar-refractivity contribution in [1.82, 2.24) is 0 Å². The Labute approximate surface area is 142 Å². The third-order valence-corrected chi connectivity index (χ3v) is 3.24. The molecule has 128 valence electrons. The Bertz CT molecular complexity index is 831. The van der Waals surface area contributed by atoms with Crippen molar-refractivity contribution in [3.05, 3.63) is 83.4 Å². The van der Waals surface area contributed by atoms with E-state index in [0.29, 0.717) is 16.7 Å². The molecule has 0 fully saturated rings. The van der Waals surface area contributed by atoms with Crippen LogP contribution in [0.1, 0.15) is 33.2 Å². The van der Waals surface area contributed by atoms with Gasteiger partial charge in [0.25, 0.3) is 0 Å². The molecule has 0 spiro atoms. The average molecular weight is 346 g/mol. The van der Waals surface area contributed by atoms with Gasteiger partial charge in [0.2, 0.25) is 0 Å². The van der Waals surface area contributed by atoms with Crippen molar-refractivity contribution in [2.45, 2.75) is 6.92 Å². The van der Waals surface area contributed by atoms with Crippen LogP contribution in [-0.2, 0) is 0 Å². The van der Waals surface area contributed by atoms with Crippen molar-refractivity contribution in [1.29, 1.82) is 0 Å². The Morgan fingerprint density at radius 1 is 0.880 bits per heavy atom. The fourth-order valence-electron chi connectivity index (χ4n) is 1.93. The average Bonchev–Trinajstić information content (AvgIpc) is 2.60. The van der Waals surface area contributed by atoms with Crippen molar-refractivity contribution in [2.75, 3.05) is 0 Å². The Morgan fingerprint density at radius 2 is 1.44 bits per heavy atom. The summed E-state index contributed by atoms with van der Waals surface area (Å²) >= 11 is 0. The molecule has 0 heterocycles. The van der Waals surface area contributed by atoms with Crippen LogP contribution in [0.25, 0.3) is 6.08 Å². The van der Waals surface area contributed by atoms with Crippen LogP contribution in [0.2, 0.25) is 0 Å². The number of hydrogen-bond donors (Lipinski definition) is 0. The molecule has 6 heteroatoms. The second kappa shape index (κ2) is 8.10. The highest BCUT2D eigenvalue weighted by Gasteiger charge is 2.07. The Balaban J connectivity index is 2.04. The predicted molar refractivity (Wildman–Crippen MR) is 87.2 cm³/mol. The van der Waals surface area contributed by atoms with Gasteiger partial charge in [0.15, 0.2) is 11.6 Å². The minimum absolute atomic E-state index is 0.0872. The van der Waals surface area contributed by atoms with Crippen LogP contribution in [-0.4, -0.2) is 11.6 Å². The van der Waals surface area contributed by atoms with Gasteiger partial charge in [-0.25, -0.2) is 0 Å². The number of carbonyl (C=O) groups is 2. The summed E-state index contributed by atoms with van der Waals surface area (Å²) in [7, 11) is 0. The highest BCUT2D eigenvalue weighted by molar-refractivity contribution is 6.07. The lowest BCUT2D eigenvalue weighted by Crippen LogP contribution is -1.97. The topological polar surface area (TPSA) is 43.4 Å². The summed E-state index contributed by atoms with van der Waals surface area (Å²) in [6.07, 6.45) is 0.318. The first-order valence-corrected chi connectivity index (χ1v) is 7.19. The van der Waals surface area contributed by atoms with Crippen molar-refractivity contribution >= 4 is 17.6 Å². The highest BCUT2D eigenvalue weighted by atomic mass is 19.3. The zero-order chi connectivity index (χ0) is 18.4. The van der Waals surface area contributed by atoms with E-state index in [-0.39, 0.29) is 17.3 Å². The van der Waals surface area contributed by atoms with E-state index in [1.54, 1.807) is 24.3 Å². The molecule has 2 aromatic carbocycles. The molecule has 0 saturated heterocycles. The monoisotopic (exact) mass is 346 g/mol. The lowest BCUT2D eigenvalue weighted by atomic mass is 10.1. The first-order chi connectivity index (χ1) is 11.9. The van der Waals surface area contributed by atoms with Gasteiger partial charge in [-0.3, -0.25) is 9.59 Å². The second-order valence-corrected chi connectivity index (χ2v) is 5.04. The van der Waals surface area contributed by atoms with Crippen LogP contribution in [0.3, 0.4) is 0 Å². The number of ketones is 2. The SMILES string of the molecule is CC(=O)c1ccc(C(=O)C=Cc2ccc(OC(F)=C(F)F)cc2)cc1. The van der Waals surface area contributed by atoms with Gasteiger partial charge in [0.1, 0.15) is 5.75 Å². The van der Waals surface area contributed by atoms with E-state index in [1.165, 1.54) is 43.3 Å². The molecule has 0 aliphatic carbocycles. The van der Waals surface area contributed by atoms with Gasteiger partial charge >= 0.3 is 12.1 Å². The van der Waals surface area contributed by atoms with Gasteiger partial charge in [-0.2, -0.15) is 13.2 Å². The predicted octanol–water partition coefficient (Wildman–Crippen LogP) is 5.20. The lowest BCUT2D eigenvalue weighted by Gasteiger charge is -2.02. The largest absolute Gasteiger partial charge is 0.428 e. The summed E-state index contributed by atoms with van der Waals surface area (Å²) in [5, 5.41) is 0. The molecule has 0 unspecified atom stereocenters. The number of hydrogen-bond acceptors (Lipinski definition) is 3. The van der Waals surface area contributed by atoms with Crippen molar-refractivity contribution in [3.8, 4) is 5.75 Å². The molecule has 0 amide bonds. The van der Waals surface area contributed by atoms with E-state index in [1.807, 2.05) is 0 Å². The third-order valence-electron chi connectivity index (χ3n) is 3.24. The summed E-state index contributed by atoms with van der Waals surface area (Å²) in [6.45, 7) is 1.44. The fourth-order valence-corrected chi connectivity index (χ4v) is 1.93. The maximum absolute atomic E-state index is 12.7. The van der Waals surface area contributed by atoms with Gasteiger partial charge in [0.05, 0.1) is 0 Å². The quantitative estimate of drug-likeness (QED) is 0.410. The molecule has 0 saturated carbocycles. The van der Waals surface area contributed by atoms with Crippen LogP contribution in [0.5, 0.6) is 5.75 Å². The third kappa shape index (κ3) is 5.17. The van der Waals surface area contributed by atoms with Crippen molar-refractivity contribution in [3.63, 3.8) is 0 Å². The van der Waals surface area contributed by atoms with Gasteiger partial charge in [-0.1, -0.05) is 42.5 Å². The molecule has 0 atom stereocenters. The van der Waals surface area contributed by atoms with Crippen LogP contribution in [0, 0.1) is 0 Å². The molecule has 2 aromatic rings. The normalized spacial score (nSPS) is 10.6. The van der Waals surface area contributed by atoms with Gasteiger partial charge < -0.3 is 4.74 Å². The molecular weight excluding hydrogens is 333 g/mol. The van der Waals surface area contributed by atoms with E-state index < -0.39 is 12.1 Å². The number of carbonyl (C=O) groups excluding carboxylic acids is 2. The zero-order valence-corrected chi connectivity index (χ0v) is 13.1. The van der Waals surface area contributed by atoms with Crippen molar-refractivity contribution in [2.24, 2.45) is 0 Å². The molecule has 2 rings (SSSR count). The van der Waals surface area contributed by atoms with E-state index >= 15 is 0 Å². The van der Waals surface area contributed by atoms with E-state index in [9.17, 15) is 22.8 Å².